The number of rotatable bonds is 4. The van der Waals surface area contributed by atoms with Gasteiger partial charge in [-0.3, -0.25) is 4.79 Å². The van der Waals surface area contributed by atoms with Crippen molar-refractivity contribution in [2.75, 3.05) is 43.4 Å². The first kappa shape index (κ1) is 17.0. The lowest BCUT2D eigenvalue weighted by Gasteiger charge is -2.31. The van der Waals surface area contributed by atoms with Crippen LogP contribution in [0.3, 0.4) is 0 Å². The van der Waals surface area contributed by atoms with Crippen molar-refractivity contribution in [1.82, 2.24) is 0 Å². The molecule has 0 saturated carbocycles. The number of carbonyl (C=O) groups is 2. The molecule has 0 radical (unpaired) electrons. The van der Waals surface area contributed by atoms with Gasteiger partial charge in [-0.15, -0.1) is 0 Å². The van der Waals surface area contributed by atoms with Gasteiger partial charge in [0.05, 0.1) is 39.2 Å². The minimum absolute atomic E-state index is 0.0564. The quantitative estimate of drug-likeness (QED) is 0.702. The van der Waals surface area contributed by atoms with Crippen molar-refractivity contribution in [3.63, 3.8) is 0 Å². The lowest BCUT2D eigenvalue weighted by atomic mass is 10.1. The molecule has 1 saturated heterocycles. The predicted octanol–water partition coefficient (Wildman–Crippen LogP) is -0.954. The molecule has 1 aliphatic heterocycles. The molecule has 0 spiro atoms. The first-order valence-corrected chi connectivity index (χ1v) is 7.75. The molecule has 6 heteroatoms. The average molecular weight is 317 g/mol. The molecule has 0 unspecified atom stereocenters. The Balaban J connectivity index is 2.01. The zero-order valence-electron chi connectivity index (χ0n) is 13.8. The minimum atomic E-state index is -1.33. The molecule has 6 nitrogen and oxygen atoms in total. The van der Waals surface area contributed by atoms with E-state index >= 15 is 0 Å². The summed E-state index contributed by atoms with van der Waals surface area (Å²) in [4.78, 5) is 26.7. The second kappa shape index (κ2) is 7.28. The maximum Gasteiger partial charge on any atom is 0.251 e. The number of carboxylic acids is 1. The van der Waals surface area contributed by atoms with E-state index in [0.29, 0.717) is 5.69 Å². The minimum Gasteiger partial charge on any atom is -0.545 e. The van der Waals surface area contributed by atoms with Gasteiger partial charge in [-0.25, -0.2) is 0 Å². The summed E-state index contributed by atoms with van der Waals surface area (Å²) >= 11 is 0. The van der Waals surface area contributed by atoms with Crippen LogP contribution in [0.25, 0.3) is 0 Å². The summed E-state index contributed by atoms with van der Waals surface area (Å²) in [5.74, 6) is -1.76. The van der Waals surface area contributed by atoms with Crippen molar-refractivity contribution in [2.45, 2.75) is 13.8 Å². The summed E-state index contributed by atoms with van der Waals surface area (Å²) < 4.78 is 0. The SMILES string of the molecule is C/C(C(=O)[O-])=C(\C)C(=O)Nc1ccc(N2CC[NH+](C)CC2)cc1. The highest BCUT2D eigenvalue weighted by Gasteiger charge is 2.17. The molecule has 1 heterocycles. The van der Waals surface area contributed by atoms with E-state index in [2.05, 4.69) is 17.3 Å². The Morgan fingerprint density at radius 2 is 1.65 bits per heavy atom. The smallest absolute Gasteiger partial charge is 0.251 e. The fraction of sp³-hybridized carbons (Fsp3) is 0.412. The highest BCUT2D eigenvalue weighted by molar-refractivity contribution is 6.07. The number of amides is 1. The first-order valence-electron chi connectivity index (χ1n) is 7.75. The normalized spacial score (nSPS) is 16.7. The molecule has 1 aromatic carbocycles. The Hall–Kier alpha value is -2.34. The Morgan fingerprint density at radius 1 is 1.09 bits per heavy atom. The Morgan fingerprint density at radius 3 is 2.17 bits per heavy atom. The van der Waals surface area contributed by atoms with Crippen LogP contribution >= 0.6 is 0 Å². The molecule has 23 heavy (non-hydrogen) atoms. The molecule has 2 N–H and O–H groups in total. The largest absolute Gasteiger partial charge is 0.545 e. The van der Waals surface area contributed by atoms with Gasteiger partial charge in [0.2, 0.25) is 0 Å². The van der Waals surface area contributed by atoms with E-state index in [4.69, 9.17) is 0 Å². The van der Waals surface area contributed by atoms with Gasteiger partial charge in [0.15, 0.2) is 0 Å². The van der Waals surface area contributed by atoms with E-state index in [0.717, 1.165) is 31.9 Å². The first-order chi connectivity index (χ1) is 10.9. The molecular weight excluding hydrogens is 294 g/mol. The van der Waals surface area contributed by atoms with Gasteiger partial charge in [-0.2, -0.15) is 0 Å². The molecule has 0 atom stereocenters. The third-order valence-corrected chi connectivity index (χ3v) is 4.32. The van der Waals surface area contributed by atoms with Crippen molar-refractivity contribution in [2.24, 2.45) is 0 Å². The number of benzene rings is 1. The molecule has 1 aliphatic rings. The Kier molecular flexibility index (Phi) is 5.39. The van der Waals surface area contributed by atoms with E-state index in [9.17, 15) is 14.7 Å². The lowest BCUT2D eigenvalue weighted by Crippen LogP contribution is -3.12. The zero-order valence-corrected chi connectivity index (χ0v) is 13.8. The van der Waals surface area contributed by atoms with Crippen molar-refractivity contribution in [3.8, 4) is 0 Å². The van der Waals surface area contributed by atoms with Crippen LogP contribution in [0, 0.1) is 0 Å². The molecule has 2 rings (SSSR count). The topological polar surface area (TPSA) is 76.9 Å². The third kappa shape index (κ3) is 4.32. The number of nitrogens with zero attached hydrogens (tertiary/aromatic N) is 1. The van der Waals surface area contributed by atoms with Crippen LogP contribution < -0.4 is 20.2 Å². The number of carbonyl (C=O) groups excluding carboxylic acids is 2. The van der Waals surface area contributed by atoms with Crippen LogP contribution in [-0.4, -0.2) is 45.1 Å². The molecule has 124 valence electrons. The monoisotopic (exact) mass is 317 g/mol. The van der Waals surface area contributed by atoms with Gasteiger partial charge >= 0.3 is 0 Å². The zero-order chi connectivity index (χ0) is 17.0. The predicted molar refractivity (Wildman–Crippen MR) is 87.3 cm³/mol. The third-order valence-electron chi connectivity index (χ3n) is 4.32. The highest BCUT2D eigenvalue weighted by atomic mass is 16.4. The maximum atomic E-state index is 12.0. The Bertz CT molecular complexity index is 614. The van der Waals surface area contributed by atoms with Gasteiger partial charge in [0, 0.05) is 16.9 Å². The molecule has 0 aliphatic carbocycles. The van der Waals surface area contributed by atoms with E-state index in [-0.39, 0.29) is 11.1 Å². The number of aliphatic carboxylic acids is 1. The summed E-state index contributed by atoms with van der Waals surface area (Å²) in [6.45, 7) is 7.11. The van der Waals surface area contributed by atoms with Crippen LogP contribution in [0.15, 0.2) is 35.4 Å². The standard InChI is InChI=1S/C17H23N3O3/c1-12(13(2)17(22)23)16(21)18-14-4-6-15(7-5-14)20-10-8-19(3)9-11-20/h4-7H,8-11H2,1-3H3,(H,18,21)(H,22,23)/b13-12-. The van der Waals surface area contributed by atoms with Crippen LogP contribution in [-0.2, 0) is 9.59 Å². The van der Waals surface area contributed by atoms with E-state index in [1.807, 2.05) is 24.3 Å². The van der Waals surface area contributed by atoms with Crippen LogP contribution in [0.2, 0.25) is 0 Å². The van der Waals surface area contributed by atoms with Gasteiger partial charge in [-0.1, -0.05) is 0 Å². The van der Waals surface area contributed by atoms with Crippen molar-refractivity contribution < 1.29 is 19.6 Å². The molecule has 0 bridgehead atoms. The fourth-order valence-electron chi connectivity index (χ4n) is 2.45. The maximum absolute atomic E-state index is 12.0. The molecule has 0 aromatic heterocycles. The second-order valence-electron chi connectivity index (χ2n) is 5.98. The van der Waals surface area contributed by atoms with Crippen molar-refractivity contribution in [1.29, 1.82) is 0 Å². The summed E-state index contributed by atoms with van der Waals surface area (Å²) in [7, 11) is 2.19. The molecule has 1 aromatic rings. The van der Waals surface area contributed by atoms with E-state index in [1.54, 1.807) is 0 Å². The summed E-state index contributed by atoms with van der Waals surface area (Å²) in [6.07, 6.45) is 0. The van der Waals surface area contributed by atoms with Crippen LogP contribution in [0.4, 0.5) is 11.4 Å². The highest BCUT2D eigenvalue weighted by Crippen LogP contribution is 2.18. The number of likely N-dealkylation sites (N-methyl/N-ethyl adjacent to an activating group) is 1. The average Bonchev–Trinajstić information content (AvgIpc) is 2.54. The number of carboxylic acid groups (broad SMARTS) is 1. The lowest BCUT2D eigenvalue weighted by molar-refractivity contribution is -0.880. The van der Waals surface area contributed by atoms with E-state index in [1.165, 1.54) is 18.7 Å². The summed E-state index contributed by atoms with van der Waals surface area (Å²) in [6, 6.07) is 7.61. The van der Waals surface area contributed by atoms with Crippen LogP contribution in [0.5, 0.6) is 0 Å². The van der Waals surface area contributed by atoms with Gasteiger partial charge in [0.25, 0.3) is 5.91 Å². The molecule has 1 amide bonds. The number of anilines is 2. The number of quaternary nitrogens is 1. The number of piperazine rings is 1. The van der Waals surface area contributed by atoms with E-state index < -0.39 is 11.9 Å². The number of nitrogens with one attached hydrogen (secondary N) is 2. The van der Waals surface area contributed by atoms with Gasteiger partial charge in [-0.05, 0) is 43.7 Å². The summed E-state index contributed by atoms with van der Waals surface area (Å²) in [5, 5.41) is 13.5. The summed E-state index contributed by atoms with van der Waals surface area (Å²) in [5.41, 5.74) is 1.87. The Labute approximate surface area is 136 Å². The molecular formula is C17H23N3O3. The van der Waals surface area contributed by atoms with Gasteiger partial charge < -0.3 is 25.0 Å². The second-order valence-corrected chi connectivity index (χ2v) is 5.98. The van der Waals surface area contributed by atoms with Crippen molar-refractivity contribution >= 4 is 23.3 Å². The van der Waals surface area contributed by atoms with Gasteiger partial charge in [0.1, 0.15) is 0 Å². The van der Waals surface area contributed by atoms with Crippen molar-refractivity contribution in [3.05, 3.63) is 35.4 Å². The number of hydrogen-bond donors (Lipinski definition) is 2. The van der Waals surface area contributed by atoms with Crippen LogP contribution in [0.1, 0.15) is 13.8 Å². The molecule has 1 fully saturated rings. The fourth-order valence-corrected chi connectivity index (χ4v) is 2.45. The number of hydrogen-bond acceptors (Lipinski definition) is 4.